The van der Waals surface area contributed by atoms with Gasteiger partial charge in [-0.2, -0.15) is 0 Å². The first-order chi connectivity index (χ1) is 11.7. The Bertz CT molecular complexity index is 669. The predicted octanol–water partition coefficient (Wildman–Crippen LogP) is 1.82. The van der Waals surface area contributed by atoms with Crippen molar-refractivity contribution in [3.8, 4) is 0 Å². The third-order valence-corrected chi connectivity index (χ3v) is 3.16. The van der Waals surface area contributed by atoms with Crippen LogP contribution in [0.5, 0.6) is 0 Å². The number of nitrogens with zero attached hydrogens (tertiary/aromatic N) is 2. The van der Waals surface area contributed by atoms with Crippen LogP contribution >= 0.6 is 0 Å². The van der Waals surface area contributed by atoms with Gasteiger partial charge in [0.25, 0.3) is 0 Å². The van der Waals surface area contributed by atoms with Gasteiger partial charge in [-0.05, 0) is 37.3 Å². The summed E-state index contributed by atoms with van der Waals surface area (Å²) in [5, 5.41) is 8.86. The van der Waals surface area contributed by atoms with Crippen LogP contribution in [0.2, 0.25) is 0 Å². The van der Waals surface area contributed by atoms with E-state index < -0.39 is 5.82 Å². The van der Waals surface area contributed by atoms with Gasteiger partial charge < -0.3 is 20.5 Å². The van der Waals surface area contributed by atoms with Gasteiger partial charge in [-0.3, -0.25) is 4.79 Å². The van der Waals surface area contributed by atoms with Crippen molar-refractivity contribution >= 4 is 17.6 Å². The molecule has 6 nitrogen and oxygen atoms in total. The Kier molecular flexibility index (Phi) is 6.82. The Hall–Kier alpha value is -2.83. The Morgan fingerprint density at radius 2 is 2.00 bits per heavy atom. The Balaban J connectivity index is 1.81. The number of amides is 1. The second kappa shape index (κ2) is 9.34. The smallest absolute Gasteiger partial charge is 0.246 e. The van der Waals surface area contributed by atoms with Crippen molar-refractivity contribution in [2.45, 2.75) is 13.5 Å². The first-order valence-corrected chi connectivity index (χ1v) is 7.85. The Morgan fingerprint density at radius 3 is 2.71 bits per heavy atom. The zero-order chi connectivity index (χ0) is 17.2. The highest BCUT2D eigenvalue weighted by molar-refractivity contribution is 5.94. The highest BCUT2D eigenvalue weighted by Crippen LogP contribution is 2.08. The van der Waals surface area contributed by atoms with E-state index in [0.717, 1.165) is 6.54 Å². The Labute approximate surface area is 140 Å². The fraction of sp³-hybridized carbons (Fsp3) is 0.294. The van der Waals surface area contributed by atoms with Gasteiger partial charge in [0.15, 0.2) is 5.96 Å². The fourth-order valence-electron chi connectivity index (χ4n) is 2.08. The standard InChI is InChI=1S/C17H22FN5O/c1-2-19-17(20-8-11-23-9-3-4-10-23)21-13-16(24)22-15-7-5-6-14(18)12-15/h3-7,9-10,12H,2,8,11,13H2,1H3,(H,22,24)(H2,19,20,21). The highest BCUT2D eigenvalue weighted by Gasteiger charge is 2.04. The van der Waals surface area contributed by atoms with Gasteiger partial charge in [0, 0.05) is 37.7 Å². The third-order valence-electron chi connectivity index (χ3n) is 3.16. The molecule has 24 heavy (non-hydrogen) atoms. The van der Waals surface area contributed by atoms with E-state index in [1.54, 1.807) is 12.1 Å². The minimum absolute atomic E-state index is 0.0463. The van der Waals surface area contributed by atoms with Crippen molar-refractivity contribution in [1.82, 2.24) is 15.2 Å². The molecule has 3 N–H and O–H groups in total. The Morgan fingerprint density at radius 1 is 1.21 bits per heavy atom. The number of halogens is 1. The van der Waals surface area contributed by atoms with E-state index in [-0.39, 0.29) is 12.5 Å². The van der Waals surface area contributed by atoms with Crippen molar-refractivity contribution in [3.63, 3.8) is 0 Å². The van der Waals surface area contributed by atoms with E-state index >= 15 is 0 Å². The number of hydrogen-bond donors (Lipinski definition) is 3. The van der Waals surface area contributed by atoms with Crippen LogP contribution in [0.15, 0.2) is 53.8 Å². The highest BCUT2D eigenvalue weighted by atomic mass is 19.1. The number of anilines is 1. The van der Waals surface area contributed by atoms with Crippen molar-refractivity contribution in [1.29, 1.82) is 0 Å². The van der Waals surface area contributed by atoms with Crippen molar-refractivity contribution in [2.75, 3.05) is 25.0 Å². The SMILES string of the molecule is CCNC(=NCC(=O)Nc1cccc(F)c1)NCCn1cccc1. The number of carbonyl (C=O) groups excluding carboxylic acids is 1. The second-order valence-electron chi connectivity index (χ2n) is 5.10. The average Bonchev–Trinajstić information content (AvgIpc) is 3.06. The lowest BCUT2D eigenvalue weighted by molar-refractivity contribution is -0.114. The van der Waals surface area contributed by atoms with Gasteiger partial charge >= 0.3 is 0 Å². The maximum Gasteiger partial charge on any atom is 0.246 e. The van der Waals surface area contributed by atoms with Gasteiger partial charge in [0.05, 0.1) is 0 Å². The van der Waals surface area contributed by atoms with Crippen LogP contribution in [-0.4, -0.2) is 36.1 Å². The molecule has 0 unspecified atom stereocenters. The largest absolute Gasteiger partial charge is 0.357 e. The molecular formula is C17H22FN5O. The van der Waals surface area contributed by atoms with Crippen molar-refractivity contribution < 1.29 is 9.18 Å². The maximum absolute atomic E-state index is 13.1. The summed E-state index contributed by atoms with van der Waals surface area (Å²) in [5.74, 6) is -0.126. The molecule has 128 valence electrons. The molecule has 1 aromatic heterocycles. The van der Waals surface area contributed by atoms with E-state index in [1.807, 2.05) is 36.0 Å². The van der Waals surface area contributed by atoms with Crippen LogP contribution in [0, 0.1) is 5.82 Å². The molecule has 0 fully saturated rings. The van der Waals surface area contributed by atoms with Crippen molar-refractivity contribution in [2.24, 2.45) is 4.99 Å². The zero-order valence-corrected chi connectivity index (χ0v) is 13.6. The van der Waals surface area contributed by atoms with E-state index in [0.29, 0.717) is 24.7 Å². The van der Waals surface area contributed by atoms with Gasteiger partial charge in [0.1, 0.15) is 12.4 Å². The van der Waals surface area contributed by atoms with E-state index in [4.69, 9.17) is 0 Å². The number of hydrogen-bond acceptors (Lipinski definition) is 2. The maximum atomic E-state index is 13.1. The minimum atomic E-state index is -0.392. The lowest BCUT2D eigenvalue weighted by Gasteiger charge is -2.11. The number of rotatable bonds is 7. The monoisotopic (exact) mass is 331 g/mol. The molecule has 0 aliphatic rings. The summed E-state index contributed by atoms with van der Waals surface area (Å²) in [5.41, 5.74) is 0.417. The quantitative estimate of drug-likeness (QED) is 0.535. The molecule has 0 saturated carbocycles. The minimum Gasteiger partial charge on any atom is -0.357 e. The molecule has 2 aromatic rings. The summed E-state index contributed by atoms with van der Waals surface area (Å²) in [4.78, 5) is 16.1. The molecule has 7 heteroatoms. The number of nitrogens with one attached hydrogen (secondary N) is 3. The van der Waals surface area contributed by atoms with E-state index in [2.05, 4.69) is 20.9 Å². The summed E-state index contributed by atoms with van der Waals surface area (Å²) in [6, 6.07) is 9.70. The van der Waals surface area contributed by atoms with Crippen LogP contribution in [0.25, 0.3) is 0 Å². The van der Waals surface area contributed by atoms with Crippen molar-refractivity contribution in [3.05, 3.63) is 54.6 Å². The van der Waals surface area contributed by atoms with Crippen LogP contribution < -0.4 is 16.0 Å². The van der Waals surface area contributed by atoms with Crippen LogP contribution in [0.3, 0.4) is 0 Å². The number of aromatic nitrogens is 1. The topological polar surface area (TPSA) is 70.4 Å². The van der Waals surface area contributed by atoms with E-state index in [1.165, 1.54) is 12.1 Å². The molecule has 1 heterocycles. The average molecular weight is 331 g/mol. The van der Waals surface area contributed by atoms with E-state index in [9.17, 15) is 9.18 Å². The lowest BCUT2D eigenvalue weighted by atomic mass is 10.3. The third kappa shape index (κ3) is 6.12. The van der Waals surface area contributed by atoms with Crippen LogP contribution in [-0.2, 0) is 11.3 Å². The predicted molar refractivity (Wildman–Crippen MR) is 93.4 cm³/mol. The van der Waals surface area contributed by atoms with Gasteiger partial charge in [-0.15, -0.1) is 0 Å². The number of guanidine groups is 1. The summed E-state index contributed by atoms with van der Waals surface area (Å²) in [7, 11) is 0. The summed E-state index contributed by atoms with van der Waals surface area (Å²) < 4.78 is 15.1. The fourth-order valence-corrected chi connectivity index (χ4v) is 2.08. The van der Waals surface area contributed by atoms with Gasteiger partial charge in [-0.25, -0.2) is 9.38 Å². The molecule has 0 atom stereocenters. The molecule has 0 aliphatic carbocycles. The molecule has 0 spiro atoms. The summed E-state index contributed by atoms with van der Waals surface area (Å²) >= 11 is 0. The lowest BCUT2D eigenvalue weighted by Crippen LogP contribution is -2.39. The first kappa shape index (κ1) is 17.5. The van der Waals surface area contributed by atoms with Crippen LogP contribution in [0.4, 0.5) is 10.1 Å². The molecule has 0 bridgehead atoms. The van der Waals surface area contributed by atoms with Crippen LogP contribution in [0.1, 0.15) is 6.92 Å². The van der Waals surface area contributed by atoms with Gasteiger partial charge in [0.2, 0.25) is 5.91 Å². The molecule has 0 saturated heterocycles. The summed E-state index contributed by atoms with van der Waals surface area (Å²) in [6.45, 7) is 4.09. The number of carbonyl (C=O) groups is 1. The normalized spacial score (nSPS) is 11.2. The molecule has 1 amide bonds. The summed E-state index contributed by atoms with van der Waals surface area (Å²) in [6.07, 6.45) is 3.97. The second-order valence-corrected chi connectivity index (χ2v) is 5.10. The first-order valence-electron chi connectivity index (χ1n) is 7.85. The number of aliphatic imine (C=N–C) groups is 1. The van der Waals surface area contributed by atoms with Gasteiger partial charge in [-0.1, -0.05) is 6.07 Å². The molecule has 1 aromatic carbocycles. The molecule has 2 rings (SSSR count). The molecule has 0 radical (unpaired) electrons. The number of benzene rings is 1. The molecule has 0 aliphatic heterocycles. The zero-order valence-electron chi connectivity index (χ0n) is 13.6. The molecular weight excluding hydrogens is 309 g/mol.